The zero-order chi connectivity index (χ0) is 18.8. The van der Waals surface area contributed by atoms with Crippen molar-refractivity contribution in [3.05, 3.63) is 65.8 Å². The Morgan fingerprint density at radius 3 is 2.67 bits per heavy atom. The molecule has 27 heavy (non-hydrogen) atoms. The summed E-state index contributed by atoms with van der Waals surface area (Å²) < 4.78 is 18.5. The lowest BCUT2D eigenvalue weighted by atomic mass is 10.2. The van der Waals surface area contributed by atoms with Gasteiger partial charge in [-0.2, -0.15) is 4.98 Å². The third-order valence-corrected chi connectivity index (χ3v) is 4.65. The summed E-state index contributed by atoms with van der Waals surface area (Å²) in [6.45, 7) is 2.62. The van der Waals surface area contributed by atoms with E-state index in [-0.39, 0.29) is 17.9 Å². The molecular weight excluding hydrogens is 347 g/mol. The maximum Gasteiger partial charge on any atom is 0.322 e. The van der Waals surface area contributed by atoms with Gasteiger partial charge in [0.25, 0.3) is 0 Å². The summed E-state index contributed by atoms with van der Waals surface area (Å²) in [6, 6.07) is 13.1. The minimum absolute atomic E-state index is 0.192. The van der Waals surface area contributed by atoms with Crippen LogP contribution in [0.15, 0.2) is 53.1 Å². The molecule has 138 valence electrons. The summed E-state index contributed by atoms with van der Waals surface area (Å²) in [5.41, 5.74) is 2.54. The number of aromatic nitrogens is 2. The number of rotatable bonds is 3. The van der Waals surface area contributed by atoms with E-state index in [2.05, 4.69) is 15.5 Å². The summed E-state index contributed by atoms with van der Waals surface area (Å²) >= 11 is 0. The number of amides is 2. The molecule has 0 bridgehead atoms. The topological polar surface area (TPSA) is 71.3 Å². The number of carbonyl (C=O) groups excluding carboxylic acids is 1. The molecule has 0 aliphatic carbocycles. The second-order valence-electron chi connectivity index (χ2n) is 6.61. The predicted molar refractivity (Wildman–Crippen MR) is 98.6 cm³/mol. The number of carbonyl (C=O) groups is 1. The smallest absolute Gasteiger partial charge is 0.322 e. The number of urea groups is 1. The molecule has 1 aromatic heterocycles. The van der Waals surface area contributed by atoms with Crippen molar-refractivity contribution < 1.29 is 13.7 Å². The molecule has 2 amide bonds. The number of halogens is 1. The van der Waals surface area contributed by atoms with Crippen LogP contribution in [0.1, 0.15) is 30.3 Å². The fourth-order valence-electron chi connectivity index (χ4n) is 3.19. The molecule has 0 spiro atoms. The lowest BCUT2D eigenvalue weighted by Gasteiger charge is -2.22. The third-order valence-electron chi connectivity index (χ3n) is 4.65. The number of aryl methyl sites for hydroxylation is 1. The van der Waals surface area contributed by atoms with Crippen LogP contribution in [-0.4, -0.2) is 27.6 Å². The Bertz CT molecular complexity index is 937. The van der Waals surface area contributed by atoms with Crippen molar-refractivity contribution in [2.75, 3.05) is 11.9 Å². The van der Waals surface area contributed by atoms with Crippen molar-refractivity contribution in [3.63, 3.8) is 0 Å². The monoisotopic (exact) mass is 366 g/mol. The van der Waals surface area contributed by atoms with Crippen molar-refractivity contribution in [1.82, 2.24) is 15.0 Å². The Morgan fingerprint density at radius 2 is 1.93 bits per heavy atom. The molecule has 1 N–H and O–H groups in total. The number of nitrogens with zero attached hydrogens (tertiary/aromatic N) is 3. The lowest BCUT2D eigenvalue weighted by Crippen LogP contribution is -2.34. The number of benzene rings is 2. The fourth-order valence-corrected chi connectivity index (χ4v) is 3.19. The summed E-state index contributed by atoms with van der Waals surface area (Å²) in [6.07, 6.45) is 1.62. The summed E-state index contributed by atoms with van der Waals surface area (Å²) in [5, 5.41) is 6.89. The average Bonchev–Trinajstić information content (AvgIpc) is 3.33. The molecule has 7 heteroatoms. The summed E-state index contributed by atoms with van der Waals surface area (Å²) in [7, 11) is 0. The van der Waals surface area contributed by atoms with Gasteiger partial charge in [0.05, 0.1) is 0 Å². The first-order chi connectivity index (χ1) is 13.1. The molecule has 1 atom stereocenters. The van der Waals surface area contributed by atoms with Crippen LogP contribution in [0.25, 0.3) is 11.4 Å². The minimum Gasteiger partial charge on any atom is -0.337 e. The summed E-state index contributed by atoms with van der Waals surface area (Å²) in [4.78, 5) is 18.8. The molecule has 6 nitrogen and oxygen atoms in total. The van der Waals surface area contributed by atoms with Crippen LogP contribution in [0, 0.1) is 12.7 Å². The van der Waals surface area contributed by atoms with Gasteiger partial charge in [-0.3, -0.25) is 0 Å². The highest BCUT2D eigenvalue weighted by molar-refractivity contribution is 5.89. The summed E-state index contributed by atoms with van der Waals surface area (Å²) in [5.74, 6) is 0.457. The van der Waals surface area contributed by atoms with Gasteiger partial charge in [0.1, 0.15) is 11.9 Å². The molecule has 2 aromatic carbocycles. The standard InChI is InChI=1S/C20H19FN4O2/c1-13-4-10-16(11-5-13)22-20(26)25-12-2-3-17(25)19-23-18(24-27-19)14-6-8-15(21)9-7-14/h4-11,17H,2-3,12H2,1H3,(H,22,26)/t17-/m1/s1. The minimum atomic E-state index is -0.322. The van der Waals surface area contributed by atoms with Crippen molar-refractivity contribution in [2.24, 2.45) is 0 Å². The van der Waals surface area contributed by atoms with Gasteiger partial charge in [-0.1, -0.05) is 22.9 Å². The van der Waals surface area contributed by atoms with E-state index >= 15 is 0 Å². The number of hydrogen-bond acceptors (Lipinski definition) is 4. The zero-order valence-electron chi connectivity index (χ0n) is 14.9. The van der Waals surface area contributed by atoms with Gasteiger partial charge in [-0.15, -0.1) is 0 Å². The number of hydrogen-bond donors (Lipinski definition) is 1. The number of nitrogens with one attached hydrogen (secondary N) is 1. The normalized spacial score (nSPS) is 16.5. The first kappa shape index (κ1) is 17.2. The van der Waals surface area contributed by atoms with Crippen molar-refractivity contribution in [3.8, 4) is 11.4 Å². The molecule has 3 aromatic rings. The van der Waals surface area contributed by atoms with Gasteiger partial charge in [0.2, 0.25) is 11.7 Å². The fraction of sp³-hybridized carbons (Fsp3) is 0.250. The van der Waals surface area contributed by atoms with Gasteiger partial charge in [-0.05, 0) is 56.2 Å². The van der Waals surface area contributed by atoms with Crippen LogP contribution in [0.4, 0.5) is 14.9 Å². The Balaban J connectivity index is 1.50. The molecule has 1 aliphatic heterocycles. The van der Waals surface area contributed by atoms with E-state index in [0.29, 0.717) is 23.8 Å². The van der Waals surface area contributed by atoms with Gasteiger partial charge < -0.3 is 14.7 Å². The maximum absolute atomic E-state index is 13.1. The average molecular weight is 366 g/mol. The van der Waals surface area contributed by atoms with Gasteiger partial charge in [-0.25, -0.2) is 9.18 Å². The Hall–Kier alpha value is -3.22. The second kappa shape index (κ2) is 7.19. The highest BCUT2D eigenvalue weighted by Crippen LogP contribution is 2.32. The van der Waals surface area contributed by atoms with Crippen LogP contribution >= 0.6 is 0 Å². The predicted octanol–water partition coefficient (Wildman–Crippen LogP) is 4.55. The molecule has 0 radical (unpaired) electrons. The zero-order valence-corrected chi connectivity index (χ0v) is 14.9. The van der Waals surface area contributed by atoms with Crippen LogP contribution in [-0.2, 0) is 0 Å². The Labute approximate surface area is 156 Å². The molecular formula is C20H19FN4O2. The first-order valence-corrected chi connectivity index (χ1v) is 8.84. The largest absolute Gasteiger partial charge is 0.337 e. The van der Waals surface area contributed by atoms with E-state index < -0.39 is 0 Å². The molecule has 1 fully saturated rings. The van der Waals surface area contributed by atoms with Crippen molar-refractivity contribution >= 4 is 11.7 Å². The van der Waals surface area contributed by atoms with Gasteiger partial charge in [0.15, 0.2) is 0 Å². The highest BCUT2D eigenvalue weighted by Gasteiger charge is 2.34. The number of anilines is 1. The van der Waals surface area contributed by atoms with E-state index in [0.717, 1.165) is 24.1 Å². The van der Waals surface area contributed by atoms with E-state index in [4.69, 9.17) is 4.52 Å². The van der Waals surface area contributed by atoms with Crippen molar-refractivity contribution in [2.45, 2.75) is 25.8 Å². The van der Waals surface area contributed by atoms with E-state index in [1.807, 2.05) is 31.2 Å². The Morgan fingerprint density at radius 1 is 1.19 bits per heavy atom. The van der Waals surface area contributed by atoms with E-state index in [1.54, 1.807) is 17.0 Å². The molecule has 1 saturated heterocycles. The van der Waals surface area contributed by atoms with E-state index in [9.17, 15) is 9.18 Å². The molecule has 0 unspecified atom stereocenters. The quantitative estimate of drug-likeness (QED) is 0.738. The number of likely N-dealkylation sites (tertiary alicyclic amines) is 1. The van der Waals surface area contributed by atoms with Crippen LogP contribution in [0.2, 0.25) is 0 Å². The molecule has 1 aliphatic rings. The highest BCUT2D eigenvalue weighted by atomic mass is 19.1. The van der Waals surface area contributed by atoms with Crippen molar-refractivity contribution in [1.29, 1.82) is 0 Å². The SMILES string of the molecule is Cc1ccc(NC(=O)N2CCC[C@@H]2c2nc(-c3ccc(F)cc3)no2)cc1. The van der Waals surface area contributed by atoms with E-state index in [1.165, 1.54) is 12.1 Å². The van der Waals surface area contributed by atoms with Crippen LogP contribution in [0.3, 0.4) is 0 Å². The first-order valence-electron chi connectivity index (χ1n) is 8.84. The van der Waals surface area contributed by atoms with Gasteiger partial charge >= 0.3 is 6.03 Å². The van der Waals surface area contributed by atoms with Crippen LogP contribution < -0.4 is 5.32 Å². The molecule has 4 rings (SSSR count). The third kappa shape index (κ3) is 3.67. The Kier molecular flexibility index (Phi) is 4.58. The lowest BCUT2D eigenvalue weighted by molar-refractivity contribution is 0.193. The van der Waals surface area contributed by atoms with Gasteiger partial charge in [0, 0.05) is 17.8 Å². The second-order valence-corrected chi connectivity index (χ2v) is 6.61. The maximum atomic E-state index is 13.1. The van der Waals surface area contributed by atoms with Crippen LogP contribution in [0.5, 0.6) is 0 Å². The molecule has 0 saturated carbocycles. The molecule has 2 heterocycles.